The monoisotopic (exact) mass is 382 g/mol. The highest BCUT2D eigenvalue weighted by Gasteiger charge is 2.26. The molecule has 0 saturated heterocycles. The summed E-state index contributed by atoms with van der Waals surface area (Å²) in [6.07, 6.45) is 0. The lowest BCUT2D eigenvalue weighted by Crippen LogP contribution is -2.35. The van der Waals surface area contributed by atoms with Crippen molar-refractivity contribution in [3.63, 3.8) is 0 Å². The summed E-state index contributed by atoms with van der Waals surface area (Å²) in [6.45, 7) is 3.44. The summed E-state index contributed by atoms with van der Waals surface area (Å²) >= 11 is 0. The van der Waals surface area contributed by atoms with E-state index in [1.807, 2.05) is 0 Å². The second-order valence-corrected chi connectivity index (χ2v) is 6.21. The Bertz CT molecular complexity index is 1050. The maximum atomic E-state index is 13.4. The smallest absolute Gasteiger partial charge is 0.333 e. The molecule has 144 valence electrons. The third kappa shape index (κ3) is 4.09. The molecule has 3 rings (SSSR count). The first-order valence-corrected chi connectivity index (χ1v) is 8.72. The maximum absolute atomic E-state index is 13.4. The molecule has 2 N–H and O–H groups in total. The Hall–Kier alpha value is -3.48. The largest absolute Gasteiger partial charge is 0.508 e. The van der Waals surface area contributed by atoms with Crippen LogP contribution in [0.2, 0.25) is 0 Å². The van der Waals surface area contributed by atoms with Crippen molar-refractivity contribution in [3.8, 4) is 5.75 Å². The van der Waals surface area contributed by atoms with Gasteiger partial charge in [-0.05, 0) is 49.7 Å². The Balaban J connectivity index is 1.95. The number of nitrogens with zero attached hydrogens (tertiary/aromatic N) is 1. The number of rotatable bonds is 5. The number of phenols is 1. The number of aromatic nitrogens is 1. The fraction of sp³-hybridized carbons (Fsp3) is 0.190. The molecule has 6 nitrogen and oxygen atoms in total. The predicted octanol–water partition coefficient (Wildman–Crippen LogP) is 3.42. The second kappa shape index (κ2) is 8.04. The Labute approximate surface area is 161 Å². The molecule has 0 spiro atoms. The zero-order valence-corrected chi connectivity index (χ0v) is 15.4. The first-order valence-electron chi connectivity index (χ1n) is 8.72. The third-order valence-corrected chi connectivity index (χ3v) is 4.22. The van der Waals surface area contributed by atoms with E-state index >= 15 is 0 Å². The van der Waals surface area contributed by atoms with Gasteiger partial charge in [-0.25, -0.2) is 9.18 Å². The number of aryl methyl sites for hydroxylation is 1. The van der Waals surface area contributed by atoms with Gasteiger partial charge in [-0.2, -0.15) is 0 Å². The van der Waals surface area contributed by atoms with Gasteiger partial charge in [-0.1, -0.05) is 12.1 Å². The number of carbonyl (C=O) groups excluding carboxylic acids is 2. The van der Waals surface area contributed by atoms with Crippen molar-refractivity contribution in [3.05, 3.63) is 71.2 Å². The van der Waals surface area contributed by atoms with Gasteiger partial charge in [0.05, 0.1) is 23.4 Å². The predicted molar refractivity (Wildman–Crippen MR) is 101 cm³/mol. The average Bonchev–Trinajstić information content (AvgIpc) is 2.65. The Morgan fingerprint density at radius 2 is 2.00 bits per heavy atom. The Morgan fingerprint density at radius 3 is 2.71 bits per heavy atom. The molecule has 7 heteroatoms. The molecule has 0 unspecified atom stereocenters. The first kappa shape index (κ1) is 19.3. The number of amides is 1. The van der Waals surface area contributed by atoms with Crippen LogP contribution in [0.1, 0.15) is 34.6 Å². The lowest BCUT2D eigenvalue weighted by molar-refractivity contribution is -0.145. The molecule has 0 fully saturated rings. The van der Waals surface area contributed by atoms with Crippen LogP contribution in [0.3, 0.4) is 0 Å². The summed E-state index contributed by atoms with van der Waals surface area (Å²) < 4.78 is 18.4. The summed E-state index contributed by atoms with van der Waals surface area (Å²) in [6, 6.07) is 10.6. The van der Waals surface area contributed by atoms with Gasteiger partial charge < -0.3 is 15.2 Å². The number of pyridine rings is 1. The van der Waals surface area contributed by atoms with Crippen molar-refractivity contribution in [2.45, 2.75) is 19.9 Å². The molecular weight excluding hydrogens is 363 g/mol. The van der Waals surface area contributed by atoms with Crippen molar-refractivity contribution in [2.75, 3.05) is 6.61 Å². The van der Waals surface area contributed by atoms with Crippen LogP contribution in [-0.2, 0) is 9.53 Å². The number of halogens is 1. The van der Waals surface area contributed by atoms with E-state index in [4.69, 9.17) is 4.74 Å². The molecule has 0 aliphatic rings. The van der Waals surface area contributed by atoms with Crippen LogP contribution in [0.5, 0.6) is 5.75 Å². The van der Waals surface area contributed by atoms with Crippen molar-refractivity contribution in [1.29, 1.82) is 0 Å². The molecule has 0 aliphatic heterocycles. The molecule has 0 saturated carbocycles. The summed E-state index contributed by atoms with van der Waals surface area (Å²) in [7, 11) is 0. The fourth-order valence-electron chi connectivity index (χ4n) is 2.88. The summed E-state index contributed by atoms with van der Waals surface area (Å²) in [4.78, 5) is 29.5. The van der Waals surface area contributed by atoms with Crippen LogP contribution in [0, 0.1) is 12.7 Å². The van der Waals surface area contributed by atoms with Crippen molar-refractivity contribution in [2.24, 2.45) is 0 Å². The number of hydrogen-bond donors (Lipinski definition) is 2. The zero-order valence-electron chi connectivity index (χ0n) is 15.4. The van der Waals surface area contributed by atoms with Gasteiger partial charge in [-0.3, -0.25) is 9.78 Å². The highest BCUT2D eigenvalue weighted by Crippen LogP contribution is 2.22. The minimum Gasteiger partial charge on any atom is -0.508 e. The standard InChI is InChI=1S/C21H19FN2O4/c1-3-28-21(27)19(14-5-4-6-16(25)9-14)24-20(26)17-10-13-7-8-15(22)11-18(13)23-12(17)2/h4-11,19,25H,3H2,1-2H3,(H,24,26)/t19-/m0/s1. The van der Waals surface area contributed by atoms with E-state index in [9.17, 15) is 19.1 Å². The average molecular weight is 382 g/mol. The van der Waals surface area contributed by atoms with Crippen LogP contribution in [-0.4, -0.2) is 28.6 Å². The zero-order chi connectivity index (χ0) is 20.3. The van der Waals surface area contributed by atoms with E-state index < -0.39 is 23.7 Å². The summed E-state index contributed by atoms with van der Waals surface area (Å²) in [5.74, 6) is -1.62. The van der Waals surface area contributed by atoms with E-state index in [1.165, 1.54) is 30.3 Å². The van der Waals surface area contributed by atoms with Gasteiger partial charge in [0, 0.05) is 11.5 Å². The van der Waals surface area contributed by atoms with Crippen LogP contribution in [0.15, 0.2) is 48.5 Å². The van der Waals surface area contributed by atoms with Gasteiger partial charge in [-0.15, -0.1) is 0 Å². The minimum atomic E-state index is -1.09. The molecule has 2 aromatic carbocycles. The minimum absolute atomic E-state index is 0.0355. The van der Waals surface area contributed by atoms with Crippen molar-refractivity contribution < 1.29 is 23.8 Å². The van der Waals surface area contributed by atoms with E-state index in [0.29, 0.717) is 22.2 Å². The summed E-state index contributed by atoms with van der Waals surface area (Å²) in [5.41, 5.74) is 1.48. The number of esters is 1. The van der Waals surface area contributed by atoms with Crippen LogP contribution >= 0.6 is 0 Å². The number of hydrogen-bond acceptors (Lipinski definition) is 5. The van der Waals surface area contributed by atoms with Gasteiger partial charge >= 0.3 is 5.97 Å². The highest BCUT2D eigenvalue weighted by molar-refractivity contribution is 6.00. The molecule has 1 atom stereocenters. The number of carbonyl (C=O) groups is 2. The van der Waals surface area contributed by atoms with Crippen LogP contribution in [0.4, 0.5) is 4.39 Å². The molecule has 1 amide bonds. The van der Waals surface area contributed by atoms with Crippen LogP contribution < -0.4 is 5.32 Å². The molecule has 0 aliphatic carbocycles. The molecule has 28 heavy (non-hydrogen) atoms. The van der Waals surface area contributed by atoms with Gasteiger partial charge in [0.25, 0.3) is 5.91 Å². The van der Waals surface area contributed by atoms with Crippen molar-refractivity contribution >= 4 is 22.8 Å². The molecule has 0 radical (unpaired) electrons. The van der Waals surface area contributed by atoms with Gasteiger partial charge in [0.1, 0.15) is 11.6 Å². The maximum Gasteiger partial charge on any atom is 0.333 e. The Kier molecular flexibility index (Phi) is 5.54. The fourth-order valence-corrected chi connectivity index (χ4v) is 2.88. The van der Waals surface area contributed by atoms with E-state index in [0.717, 1.165) is 0 Å². The van der Waals surface area contributed by atoms with E-state index in [-0.39, 0.29) is 17.9 Å². The molecule has 3 aromatic rings. The lowest BCUT2D eigenvalue weighted by Gasteiger charge is -2.18. The second-order valence-electron chi connectivity index (χ2n) is 6.21. The summed E-state index contributed by atoms with van der Waals surface area (Å²) in [5, 5.41) is 12.9. The number of phenolic OH excluding ortho intramolecular Hbond substituents is 1. The third-order valence-electron chi connectivity index (χ3n) is 4.22. The van der Waals surface area contributed by atoms with Crippen molar-refractivity contribution in [1.82, 2.24) is 10.3 Å². The normalized spacial score (nSPS) is 11.8. The lowest BCUT2D eigenvalue weighted by atomic mass is 10.0. The van der Waals surface area contributed by atoms with E-state index in [2.05, 4.69) is 10.3 Å². The first-order chi connectivity index (χ1) is 13.4. The number of aromatic hydroxyl groups is 1. The highest BCUT2D eigenvalue weighted by atomic mass is 19.1. The molecule has 0 bridgehead atoms. The van der Waals surface area contributed by atoms with Gasteiger partial charge in [0.15, 0.2) is 6.04 Å². The van der Waals surface area contributed by atoms with Crippen LogP contribution in [0.25, 0.3) is 10.9 Å². The quantitative estimate of drug-likeness (QED) is 0.660. The SMILES string of the molecule is CCOC(=O)[C@@H](NC(=O)c1cc2ccc(F)cc2nc1C)c1cccc(O)c1. The Morgan fingerprint density at radius 1 is 1.21 bits per heavy atom. The molecule has 1 heterocycles. The molecular formula is C21H19FN2O4. The number of nitrogens with one attached hydrogen (secondary N) is 1. The topological polar surface area (TPSA) is 88.5 Å². The number of benzene rings is 2. The van der Waals surface area contributed by atoms with Gasteiger partial charge in [0.2, 0.25) is 0 Å². The number of fused-ring (bicyclic) bond motifs is 1. The number of ether oxygens (including phenoxy) is 1. The molecule has 1 aromatic heterocycles. The van der Waals surface area contributed by atoms with E-state index in [1.54, 1.807) is 32.0 Å².